The monoisotopic (exact) mass is 269 g/mol. The average molecular weight is 269 g/mol. The van der Waals surface area contributed by atoms with Crippen LogP contribution in [0.3, 0.4) is 0 Å². The Bertz CT molecular complexity index is 304. The third-order valence-electron chi connectivity index (χ3n) is 5.08. The van der Waals surface area contributed by atoms with Gasteiger partial charge in [-0.05, 0) is 31.7 Å². The number of ether oxygens (including phenoxy) is 2. The zero-order valence-electron chi connectivity index (χ0n) is 12.0. The van der Waals surface area contributed by atoms with E-state index in [-0.39, 0.29) is 17.9 Å². The van der Waals surface area contributed by atoms with Gasteiger partial charge < -0.3 is 14.6 Å². The maximum atomic E-state index is 10.3. The minimum absolute atomic E-state index is 0.209. The molecule has 0 aromatic carbocycles. The first-order chi connectivity index (χ1) is 9.22. The molecule has 3 aliphatic rings. The van der Waals surface area contributed by atoms with Crippen LogP contribution in [0.2, 0.25) is 0 Å². The maximum absolute atomic E-state index is 10.3. The molecule has 1 N–H and O–H groups in total. The van der Waals surface area contributed by atoms with E-state index in [9.17, 15) is 5.11 Å². The standard InChI is InChI=1S/C15H27NO3/c1-2-3-12-5-7-16(11-12)13-10-15(6-4-14(13)17)18-8-9-19-15/h12-14,17H,2-11H2,1H3. The molecule has 0 radical (unpaired) electrons. The van der Waals surface area contributed by atoms with E-state index in [2.05, 4.69) is 11.8 Å². The van der Waals surface area contributed by atoms with Crippen molar-refractivity contribution in [3.63, 3.8) is 0 Å². The lowest BCUT2D eigenvalue weighted by Crippen LogP contribution is -2.52. The highest BCUT2D eigenvalue weighted by Gasteiger charge is 2.47. The fraction of sp³-hybridized carbons (Fsp3) is 1.00. The second kappa shape index (κ2) is 5.68. The molecular formula is C15H27NO3. The summed E-state index contributed by atoms with van der Waals surface area (Å²) in [5.41, 5.74) is 0. The molecule has 3 rings (SSSR count). The molecule has 2 heterocycles. The molecule has 110 valence electrons. The van der Waals surface area contributed by atoms with Gasteiger partial charge in [0.1, 0.15) is 0 Å². The van der Waals surface area contributed by atoms with Gasteiger partial charge in [-0.15, -0.1) is 0 Å². The first kappa shape index (κ1) is 13.8. The van der Waals surface area contributed by atoms with Crippen LogP contribution in [-0.2, 0) is 9.47 Å². The average Bonchev–Trinajstić information content (AvgIpc) is 3.03. The summed E-state index contributed by atoms with van der Waals surface area (Å²) in [6.07, 6.45) is 6.15. The summed E-state index contributed by atoms with van der Waals surface area (Å²) in [4.78, 5) is 2.48. The van der Waals surface area contributed by atoms with Crippen molar-refractivity contribution in [1.29, 1.82) is 0 Å². The Balaban J connectivity index is 1.62. The zero-order chi connectivity index (χ0) is 13.3. The van der Waals surface area contributed by atoms with Gasteiger partial charge in [0.2, 0.25) is 0 Å². The summed E-state index contributed by atoms with van der Waals surface area (Å²) in [5, 5.41) is 10.3. The Kier molecular flexibility index (Phi) is 4.13. The predicted molar refractivity (Wildman–Crippen MR) is 72.9 cm³/mol. The highest BCUT2D eigenvalue weighted by Crippen LogP contribution is 2.39. The molecule has 3 fully saturated rings. The Morgan fingerprint density at radius 2 is 2.05 bits per heavy atom. The van der Waals surface area contributed by atoms with Crippen LogP contribution in [0.15, 0.2) is 0 Å². The predicted octanol–water partition coefficient (Wildman–Crippen LogP) is 1.76. The van der Waals surface area contributed by atoms with Crippen LogP contribution >= 0.6 is 0 Å². The minimum atomic E-state index is -0.382. The van der Waals surface area contributed by atoms with Gasteiger partial charge in [0.05, 0.1) is 19.3 Å². The molecule has 0 bridgehead atoms. The number of hydrogen-bond donors (Lipinski definition) is 1. The van der Waals surface area contributed by atoms with Crippen molar-refractivity contribution in [3.8, 4) is 0 Å². The van der Waals surface area contributed by atoms with E-state index >= 15 is 0 Å². The number of nitrogens with zero attached hydrogens (tertiary/aromatic N) is 1. The van der Waals surface area contributed by atoms with E-state index in [1.54, 1.807) is 0 Å². The van der Waals surface area contributed by atoms with Crippen molar-refractivity contribution in [2.24, 2.45) is 5.92 Å². The van der Waals surface area contributed by atoms with Gasteiger partial charge in [0.25, 0.3) is 0 Å². The van der Waals surface area contributed by atoms with Gasteiger partial charge in [0.15, 0.2) is 5.79 Å². The van der Waals surface area contributed by atoms with E-state index < -0.39 is 0 Å². The first-order valence-electron chi connectivity index (χ1n) is 7.92. The number of likely N-dealkylation sites (tertiary alicyclic amines) is 1. The molecule has 3 atom stereocenters. The van der Waals surface area contributed by atoms with Gasteiger partial charge in [0, 0.05) is 25.4 Å². The largest absolute Gasteiger partial charge is 0.391 e. The van der Waals surface area contributed by atoms with Gasteiger partial charge in [-0.3, -0.25) is 4.90 Å². The third-order valence-corrected chi connectivity index (χ3v) is 5.08. The van der Waals surface area contributed by atoms with Crippen LogP contribution in [0, 0.1) is 5.92 Å². The van der Waals surface area contributed by atoms with Crippen molar-refractivity contribution in [2.75, 3.05) is 26.3 Å². The van der Waals surface area contributed by atoms with E-state index in [4.69, 9.17) is 9.47 Å². The van der Waals surface area contributed by atoms with Crippen LogP contribution in [0.5, 0.6) is 0 Å². The Morgan fingerprint density at radius 1 is 1.26 bits per heavy atom. The SMILES string of the molecule is CCCC1CCN(C2CC3(CCC2O)OCCO3)C1. The van der Waals surface area contributed by atoms with E-state index in [1.807, 2.05) is 0 Å². The smallest absolute Gasteiger partial charge is 0.170 e. The molecule has 2 saturated heterocycles. The number of hydrogen-bond acceptors (Lipinski definition) is 4. The van der Waals surface area contributed by atoms with E-state index in [0.29, 0.717) is 13.2 Å². The molecule has 1 spiro atoms. The highest BCUT2D eigenvalue weighted by atomic mass is 16.7. The molecule has 0 aromatic rings. The lowest BCUT2D eigenvalue weighted by atomic mass is 9.86. The molecule has 19 heavy (non-hydrogen) atoms. The summed E-state index contributed by atoms with van der Waals surface area (Å²) < 4.78 is 11.7. The highest BCUT2D eigenvalue weighted by molar-refractivity contribution is 4.95. The number of aliphatic hydroxyl groups excluding tert-OH is 1. The third kappa shape index (κ3) is 2.82. The molecule has 3 unspecified atom stereocenters. The van der Waals surface area contributed by atoms with Gasteiger partial charge in [-0.1, -0.05) is 13.3 Å². The molecule has 2 aliphatic heterocycles. The molecule has 4 nitrogen and oxygen atoms in total. The molecule has 1 aliphatic carbocycles. The summed E-state index contributed by atoms with van der Waals surface area (Å²) in [5.74, 6) is 0.438. The zero-order valence-corrected chi connectivity index (χ0v) is 12.0. The van der Waals surface area contributed by atoms with Crippen LogP contribution in [0.4, 0.5) is 0 Å². The van der Waals surface area contributed by atoms with Crippen molar-refractivity contribution < 1.29 is 14.6 Å². The lowest BCUT2D eigenvalue weighted by molar-refractivity contribution is -0.204. The summed E-state index contributed by atoms with van der Waals surface area (Å²) in [6, 6.07) is 0.230. The topological polar surface area (TPSA) is 41.9 Å². The number of aliphatic hydroxyl groups is 1. The van der Waals surface area contributed by atoms with Crippen molar-refractivity contribution >= 4 is 0 Å². The second-order valence-electron chi connectivity index (χ2n) is 6.42. The van der Waals surface area contributed by atoms with Crippen LogP contribution in [0.25, 0.3) is 0 Å². The summed E-state index contributed by atoms with van der Waals surface area (Å²) in [6.45, 7) is 5.95. The molecule has 0 aromatic heterocycles. The van der Waals surface area contributed by atoms with Gasteiger partial charge in [-0.2, -0.15) is 0 Å². The van der Waals surface area contributed by atoms with Crippen LogP contribution in [-0.4, -0.2) is 54.2 Å². The summed E-state index contributed by atoms with van der Waals surface area (Å²) >= 11 is 0. The number of rotatable bonds is 3. The Hall–Kier alpha value is -0.160. The van der Waals surface area contributed by atoms with Crippen LogP contribution < -0.4 is 0 Å². The normalized spacial score (nSPS) is 39.2. The quantitative estimate of drug-likeness (QED) is 0.848. The summed E-state index contributed by atoms with van der Waals surface area (Å²) in [7, 11) is 0. The Labute approximate surface area is 116 Å². The fourth-order valence-electron chi connectivity index (χ4n) is 4.06. The second-order valence-corrected chi connectivity index (χ2v) is 6.42. The molecule has 0 amide bonds. The maximum Gasteiger partial charge on any atom is 0.170 e. The van der Waals surface area contributed by atoms with Crippen molar-refractivity contribution in [3.05, 3.63) is 0 Å². The van der Waals surface area contributed by atoms with E-state index in [0.717, 1.165) is 38.3 Å². The van der Waals surface area contributed by atoms with E-state index in [1.165, 1.54) is 19.3 Å². The van der Waals surface area contributed by atoms with Gasteiger partial charge in [-0.25, -0.2) is 0 Å². The van der Waals surface area contributed by atoms with Crippen LogP contribution in [0.1, 0.15) is 45.4 Å². The minimum Gasteiger partial charge on any atom is -0.391 e. The molecular weight excluding hydrogens is 242 g/mol. The van der Waals surface area contributed by atoms with Crippen molar-refractivity contribution in [1.82, 2.24) is 4.90 Å². The van der Waals surface area contributed by atoms with Gasteiger partial charge >= 0.3 is 0 Å². The first-order valence-corrected chi connectivity index (χ1v) is 7.92. The molecule has 1 saturated carbocycles. The molecule has 4 heteroatoms. The van der Waals surface area contributed by atoms with Crippen molar-refractivity contribution in [2.45, 2.75) is 63.4 Å². The Morgan fingerprint density at radius 3 is 2.79 bits per heavy atom. The fourth-order valence-corrected chi connectivity index (χ4v) is 4.06. The lowest BCUT2D eigenvalue weighted by Gasteiger charge is -2.43.